The number of amidine groups is 1. The normalized spacial score (nSPS) is 22.6. The molecule has 8 heterocycles. The fraction of sp³-hybridized carbons (Fsp3) is 0.500. The molecule has 83 heavy (non-hydrogen) atoms. The summed E-state index contributed by atoms with van der Waals surface area (Å²) in [6.45, 7) is 20.4. The smallest absolute Gasteiger partial charge is 0.429 e. The number of hydrogen-bond acceptors (Lipinski definition) is 11. The number of methoxy groups -OCH3 is 2. The number of halogens is 4. The summed E-state index contributed by atoms with van der Waals surface area (Å²) in [6.07, 6.45) is 3.97. The fourth-order valence-corrected chi connectivity index (χ4v) is 20.0. The Bertz CT molecular complexity index is 3340. The first-order valence-corrected chi connectivity index (χ1v) is 32.0. The van der Waals surface area contributed by atoms with Crippen LogP contribution in [0.3, 0.4) is 0 Å². The number of carbonyl (C=O) groups is 1. The van der Waals surface area contributed by atoms with Crippen molar-refractivity contribution in [1.82, 2.24) is 24.8 Å². The number of fused-ring (bicyclic) bond motifs is 5. The Labute approximate surface area is 487 Å². The number of anilines is 1. The average Bonchev–Trinajstić information content (AvgIpc) is 1.82. The van der Waals surface area contributed by atoms with Crippen molar-refractivity contribution in [2.75, 3.05) is 45.5 Å². The van der Waals surface area contributed by atoms with E-state index in [9.17, 15) is 4.79 Å². The average molecular weight is 1150 g/mol. The monoisotopic (exact) mass is 1150 g/mol. The Morgan fingerprint density at radius 2 is 1.53 bits per heavy atom. The van der Waals surface area contributed by atoms with Gasteiger partial charge in [0.2, 0.25) is 5.88 Å². The Morgan fingerprint density at radius 3 is 2.16 bits per heavy atom. The number of hydrogen-bond donors (Lipinski definition) is 0. The molecule has 1 aromatic heterocycles. The molecule has 12 rings (SSSR count). The molecule has 4 saturated heterocycles. The second kappa shape index (κ2) is 22.7. The molecule has 17 heteroatoms. The van der Waals surface area contributed by atoms with E-state index in [1.807, 2.05) is 85.3 Å². The van der Waals surface area contributed by atoms with Gasteiger partial charge in [0, 0.05) is 54.7 Å². The van der Waals surface area contributed by atoms with E-state index in [0.29, 0.717) is 80.3 Å². The Hall–Kier alpha value is -6.77. The van der Waals surface area contributed by atoms with Crippen LogP contribution in [0.15, 0.2) is 112 Å². The number of benzene rings is 3. The van der Waals surface area contributed by atoms with Crippen molar-refractivity contribution in [2.45, 2.75) is 167 Å². The molecular formula is C66H79F4N7O5Si. The van der Waals surface area contributed by atoms with Crippen molar-refractivity contribution in [2.24, 2.45) is 10.9 Å². The van der Waals surface area contributed by atoms with Gasteiger partial charge in [0.15, 0.2) is 5.83 Å². The highest BCUT2D eigenvalue weighted by molar-refractivity contribution is 6.90. The predicted octanol–water partition coefficient (Wildman–Crippen LogP) is 14.8. The van der Waals surface area contributed by atoms with Crippen molar-refractivity contribution in [1.29, 1.82) is 0 Å². The van der Waals surface area contributed by atoms with Gasteiger partial charge in [-0.1, -0.05) is 77.8 Å². The van der Waals surface area contributed by atoms with E-state index >= 15 is 17.6 Å². The number of hydrazine groups is 1. The molecule has 7 aliphatic heterocycles. The van der Waals surface area contributed by atoms with Gasteiger partial charge in [-0.2, -0.15) is 0 Å². The van der Waals surface area contributed by atoms with Crippen LogP contribution in [0.5, 0.6) is 11.5 Å². The lowest BCUT2D eigenvalue weighted by Crippen LogP contribution is -2.64. The maximum absolute atomic E-state index is 19.4. The number of allylic oxidation sites excluding steroid dienone is 6. The maximum Gasteiger partial charge on any atom is 0.429 e. The van der Waals surface area contributed by atoms with Crippen LogP contribution in [0.1, 0.15) is 136 Å². The number of nitrogens with zero attached hydrogens (tertiary/aromatic N) is 7. The maximum atomic E-state index is 19.4. The van der Waals surface area contributed by atoms with Gasteiger partial charge in [0.25, 0.3) is 0 Å². The topological polar surface area (TPSA) is 95.4 Å². The summed E-state index contributed by atoms with van der Waals surface area (Å²) in [7, 11) is 0.708. The summed E-state index contributed by atoms with van der Waals surface area (Å²) in [5.74, 6) is 2.87. The summed E-state index contributed by atoms with van der Waals surface area (Å²) < 4.78 is 95.0. The van der Waals surface area contributed by atoms with Crippen molar-refractivity contribution in [3.05, 3.63) is 136 Å². The summed E-state index contributed by atoms with van der Waals surface area (Å²) in [4.78, 5) is 30.5. The molecule has 440 valence electrons. The van der Waals surface area contributed by atoms with Crippen LogP contribution in [0.25, 0.3) is 16.3 Å². The van der Waals surface area contributed by atoms with Crippen LogP contribution in [0.2, 0.25) is 16.6 Å². The largest absolute Gasteiger partial charge is 0.497 e. The van der Waals surface area contributed by atoms with Crippen LogP contribution >= 0.6 is 0 Å². The molecule has 0 N–H and O–H groups in total. The van der Waals surface area contributed by atoms with Crippen LogP contribution in [-0.2, 0) is 22.6 Å². The van der Waals surface area contributed by atoms with Gasteiger partial charge in [-0.3, -0.25) is 14.8 Å². The highest BCUT2D eigenvalue weighted by Crippen LogP contribution is 2.52. The molecule has 3 aromatic carbocycles. The molecular weight excluding hydrogens is 1070 g/mol. The third-order valence-electron chi connectivity index (χ3n) is 18.6. The second-order valence-electron chi connectivity index (χ2n) is 25.5. The predicted molar refractivity (Wildman–Crippen MR) is 320 cm³/mol. The number of aliphatic imine (C=N–C) groups is 1. The number of aromatic nitrogens is 1. The highest BCUT2D eigenvalue weighted by Gasteiger charge is 2.54. The lowest BCUT2D eigenvalue weighted by molar-refractivity contribution is -0.0954. The molecule has 1 aliphatic carbocycles. The zero-order chi connectivity index (χ0) is 58.9. The molecule has 0 spiro atoms. The molecule has 0 unspecified atom stereocenters. The van der Waals surface area contributed by atoms with Crippen molar-refractivity contribution < 1.29 is 41.3 Å². The minimum absolute atomic E-state index is 0.00598. The van der Waals surface area contributed by atoms with Crippen molar-refractivity contribution in [3.63, 3.8) is 0 Å². The van der Waals surface area contributed by atoms with Crippen molar-refractivity contribution in [3.8, 4) is 23.0 Å². The lowest BCUT2D eigenvalue weighted by Gasteiger charge is -2.56. The molecule has 4 fully saturated rings. The van der Waals surface area contributed by atoms with E-state index in [4.69, 9.17) is 28.9 Å². The SMILES string of the molecule is COc1ccc(CN(Cc2ccc(OC)cc2)c2cc3ccc(F)c(C#C[Si](C(C)C)(C(C)C)C(C)C)c3c(C3=C(F)C=C(OC[C@@]45CCCN4C[C@H](F)C5)N4C5=NCN6C7=C5[C@@H](CCCC4=C3F)[C@H](CC7)N6C(=O)OC(C)(C)C)n2)cc1. The van der Waals surface area contributed by atoms with Gasteiger partial charge >= 0.3 is 6.09 Å². The van der Waals surface area contributed by atoms with Crippen molar-refractivity contribution >= 4 is 42.2 Å². The van der Waals surface area contributed by atoms with Gasteiger partial charge in [0.1, 0.15) is 67.9 Å². The van der Waals surface area contributed by atoms with E-state index in [1.54, 1.807) is 30.2 Å². The van der Waals surface area contributed by atoms with Gasteiger partial charge in [-0.25, -0.2) is 37.3 Å². The Morgan fingerprint density at radius 1 is 0.867 bits per heavy atom. The third-order valence-corrected chi connectivity index (χ3v) is 24.8. The summed E-state index contributed by atoms with van der Waals surface area (Å²) >= 11 is 0. The molecule has 1 amide bonds. The van der Waals surface area contributed by atoms with Crippen LogP contribution < -0.4 is 14.4 Å². The second-order valence-corrected chi connectivity index (χ2v) is 31.1. The lowest BCUT2D eigenvalue weighted by atomic mass is 9.74. The van der Waals surface area contributed by atoms with E-state index < -0.39 is 54.5 Å². The molecule has 0 radical (unpaired) electrons. The number of pyridine rings is 1. The van der Waals surface area contributed by atoms with Crippen LogP contribution in [0.4, 0.5) is 28.2 Å². The van der Waals surface area contributed by atoms with E-state index in [1.165, 1.54) is 12.1 Å². The first-order chi connectivity index (χ1) is 39.6. The van der Waals surface area contributed by atoms with Gasteiger partial charge in [-0.05, 0) is 142 Å². The quantitative estimate of drug-likeness (QED) is 0.0690. The number of carbonyl (C=O) groups excluding carboxylic acids is 1. The fourth-order valence-electron chi connectivity index (χ4n) is 14.8. The summed E-state index contributed by atoms with van der Waals surface area (Å²) in [5.41, 5.74) is 6.09. The Kier molecular flexibility index (Phi) is 15.8. The number of rotatable bonds is 14. The molecule has 12 nitrogen and oxygen atoms in total. The molecule has 4 bridgehead atoms. The minimum atomic E-state index is -2.52. The van der Waals surface area contributed by atoms with Crippen LogP contribution in [-0.4, -0.2) is 109 Å². The summed E-state index contributed by atoms with van der Waals surface area (Å²) in [5, 5.41) is 4.29. The highest BCUT2D eigenvalue weighted by atomic mass is 28.3. The summed E-state index contributed by atoms with van der Waals surface area (Å²) in [6, 6.07) is 20.1. The molecule has 4 atom stereocenters. The zero-order valence-electron chi connectivity index (χ0n) is 50.0. The zero-order valence-corrected chi connectivity index (χ0v) is 51.0. The number of ether oxygens (including phenoxy) is 4. The van der Waals surface area contributed by atoms with Crippen LogP contribution in [0, 0.1) is 23.2 Å². The van der Waals surface area contributed by atoms with Gasteiger partial charge in [-0.15, -0.1) is 5.54 Å². The molecule has 4 aromatic rings. The number of alkyl halides is 1. The van der Waals surface area contributed by atoms with Gasteiger partial charge in [0.05, 0.1) is 48.3 Å². The van der Waals surface area contributed by atoms with Gasteiger partial charge < -0.3 is 23.8 Å². The first kappa shape index (κ1) is 58.0. The van der Waals surface area contributed by atoms with E-state index in [-0.39, 0.29) is 89.5 Å². The Balaban J connectivity index is 1.15. The third kappa shape index (κ3) is 10.6. The van der Waals surface area contributed by atoms with E-state index in [0.717, 1.165) is 28.8 Å². The molecule has 8 aliphatic rings. The standard InChI is InChI=1S/C66H79F4N7O5Si/c1-40(2)83(41(3)4,42(5)6)31-28-49-51(68)25-20-45-32-56(73(35-43-16-21-47(79-10)22-17-43)36-44-18-23-48(80-11)24-19-44)72-62(58(45)49)60-52(69)33-57(81-38-66-29-13-30-74(66)37-46(67)34-66)76-55(61(60)70)15-12-14-50-53-26-27-54-59(50)63(76)71-39-75(54)77(53)64(78)82-65(7,8)9/h16-25,32-33,40-42,46,50,53H,12-15,26-27,29-30,34-39H2,1-11H3/t46-,50+,53+,66+/m1/s1. The number of amides is 1. The minimum Gasteiger partial charge on any atom is -0.497 e. The first-order valence-electron chi connectivity index (χ1n) is 29.7. The van der Waals surface area contributed by atoms with E-state index in [2.05, 4.69) is 57.9 Å². The molecule has 0 saturated carbocycles.